The van der Waals surface area contributed by atoms with Gasteiger partial charge in [-0.15, -0.1) is 0 Å². The van der Waals surface area contributed by atoms with Gasteiger partial charge in [0, 0.05) is 45.1 Å². The predicted octanol–water partition coefficient (Wildman–Crippen LogP) is 12.1. The number of allylic oxidation sites excluding steroid dienone is 4. The number of nitrogens with zero attached hydrogens (tertiary/aromatic N) is 2. The number of hydrogen-bond donors (Lipinski definition) is 0. The molecule has 1 aromatic heterocycles. The van der Waals surface area contributed by atoms with Crippen molar-refractivity contribution in [1.29, 1.82) is 0 Å². The smallest absolute Gasteiger partial charge is 0.130 e. The summed E-state index contributed by atoms with van der Waals surface area (Å²) in [5, 5.41) is 4.91. The van der Waals surface area contributed by atoms with Gasteiger partial charge in [-0.1, -0.05) is 127 Å². The highest BCUT2D eigenvalue weighted by molar-refractivity contribution is 6.10. The molecule has 1 atom stereocenters. The molecule has 3 nitrogen and oxygen atoms in total. The summed E-state index contributed by atoms with van der Waals surface area (Å²) in [6.07, 6.45) is 5.27. The zero-order valence-corrected chi connectivity index (χ0v) is 26.8. The first kappa shape index (κ1) is 27.8. The highest BCUT2D eigenvalue weighted by Gasteiger charge is 2.34. The van der Waals surface area contributed by atoms with Gasteiger partial charge in [0.2, 0.25) is 0 Å². The molecule has 0 bridgehead atoms. The first-order valence-corrected chi connectivity index (χ1v) is 17.0. The van der Waals surface area contributed by atoms with E-state index >= 15 is 0 Å². The molecule has 0 radical (unpaired) electrons. The van der Waals surface area contributed by atoms with E-state index in [1.807, 2.05) is 0 Å². The molecule has 2 aliphatic rings. The molecule has 1 aliphatic carbocycles. The standard InChI is InChI=1S/C46H32N2O/c1-2-14-31(15-3-1)35-17-6-10-22-41(35)47(33-26-27-46-40(29-33)39-21-9-13-25-45(39)49-46)44-30-34(28-32-16-4-5-18-36(32)44)48-42-23-11-7-19-37(42)38-20-8-12-24-43(38)48/h1-28,30,40H,29H2. The molecule has 0 fully saturated rings. The van der Waals surface area contributed by atoms with Gasteiger partial charge in [-0.05, 0) is 59.5 Å². The fourth-order valence-corrected chi connectivity index (χ4v) is 7.95. The van der Waals surface area contributed by atoms with Gasteiger partial charge in [0.25, 0.3) is 0 Å². The summed E-state index contributed by atoms with van der Waals surface area (Å²) in [4.78, 5) is 2.51. The number of aromatic nitrogens is 1. The molecule has 0 amide bonds. The number of rotatable bonds is 5. The maximum atomic E-state index is 6.36. The van der Waals surface area contributed by atoms with E-state index in [-0.39, 0.29) is 5.92 Å². The van der Waals surface area contributed by atoms with E-state index in [0.29, 0.717) is 0 Å². The normalized spacial score (nSPS) is 15.1. The molecule has 2 heterocycles. The maximum absolute atomic E-state index is 6.36. The first-order valence-electron chi connectivity index (χ1n) is 17.0. The highest BCUT2D eigenvalue weighted by atomic mass is 16.5. The van der Waals surface area contributed by atoms with E-state index in [9.17, 15) is 0 Å². The van der Waals surface area contributed by atoms with Crippen LogP contribution in [0.15, 0.2) is 187 Å². The van der Waals surface area contributed by atoms with Gasteiger partial charge in [0.15, 0.2) is 0 Å². The van der Waals surface area contributed by atoms with Gasteiger partial charge in [0.1, 0.15) is 11.5 Å². The van der Waals surface area contributed by atoms with Gasteiger partial charge in [-0.25, -0.2) is 0 Å². The Morgan fingerprint density at radius 2 is 1.20 bits per heavy atom. The molecule has 0 N–H and O–H groups in total. The molecule has 0 saturated carbocycles. The molecule has 7 aromatic carbocycles. The van der Waals surface area contributed by atoms with E-state index in [2.05, 4.69) is 185 Å². The van der Waals surface area contributed by atoms with Crippen LogP contribution in [0.1, 0.15) is 17.9 Å². The Balaban J connectivity index is 1.25. The summed E-state index contributed by atoms with van der Waals surface area (Å²) >= 11 is 0. The van der Waals surface area contributed by atoms with Crippen molar-refractivity contribution in [1.82, 2.24) is 4.57 Å². The van der Waals surface area contributed by atoms with Gasteiger partial charge in [0.05, 0.1) is 28.3 Å². The van der Waals surface area contributed by atoms with Crippen LogP contribution in [-0.2, 0) is 0 Å². The molecule has 0 saturated heterocycles. The van der Waals surface area contributed by atoms with Gasteiger partial charge in [-0.3, -0.25) is 0 Å². The summed E-state index contributed by atoms with van der Waals surface area (Å²) in [7, 11) is 0. The average molecular weight is 629 g/mol. The van der Waals surface area contributed by atoms with Crippen molar-refractivity contribution in [2.45, 2.75) is 12.3 Å². The quantitative estimate of drug-likeness (QED) is 0.189. The van der Waals surface area contributed by atoms with Crippen molar-refractivity contribution in [2.75, 3.05) is 4.90 Å². The van der Waals surface area contributed by atoms with Crippen LogP contribution >= 0.6 is 0 Å². The first-order chi connectivity index (χ1) is 24.3. The van der Waals surface area contributed by atoms with Gasteiger partial charge >= 0.3 is 0 Å². The lowest BCUT2D eigenvalue weighted by Crippen LogP contribution is -2.21. The number of benzene rings is 7. The van der Waals surface area contributed by atoms with Crippen LogP contribution in [0.2, 0.25) is 0 Å². The molecule has 49 heavy (non-hydrogen) atoms. The van der Waals surface area contributed by atoms with Crippen LogP contribution in [0.3, 0.4) is 0 Å². The summed E-state index contributed by atoms with van der Waals surface area (Å²) in [6.45, 7) is 0. The minimum absolute atomic E-state index is 0.161. The summed E-state index contributed by atoms with van der Waals surface area (Å²) in [5.74, 6) is 2.14. The molecular weight excluding hydrogens is 597 g/mol. The van der Waals surface area contributed by atoms with E-state index in [0.717, 1.165) is 35.0 Å². The fourth-order valence-electron chi connectivity index (χ4n) is 7.95. The maximum Gasteiger partial charge on any atom is 0.130 e. The SMILES string of the molecule is C1=C2Oc3ccccc3C2CC(N(c2ccccc2-c2ccccc2)c2cc(-n3c4ccccc4c4ccccc43)cc3ccccc23)=C1. The second kappa shape index (κ2) is 11.1. The monoisotopic (exact) mass is 628 g/mol. The minimum atomic E-state index is 0.161. The molecule has 8 aromatic rings. The van der Waals surface area contributed by atoms with Gasteiger partial charge in [-0.2, -0.15) is 0 Å². The highest BCUT2D eigenvalue weighted by Crippen LogP contribution is 2.50. The Kier molecular flexibility index (Phi) is 6.31. The van der Waals surface area contributed by atoms with Crippen LogP contribution in [0.5, 0.6) is 5.75 Å². The average Bonchev–Trinajstić information content (AvgIpc) is 3.71. The Hall–Kier alpha value is -6.32. The largest absolute Gasteiger partial charge is 0.461 e. The molecule has 1 unspecified atom stereocenters. The molecular formula is C46H32N2O. The van der Waals surface area contributed by atoms with Crippen LogP contribution in [-0.4, -0.2) is 4.57 Å². The minimum Gasteiger partial charge on any atom is -0.461 e. The molecule has 10 rings (SSSR count). The lowest BCUT2D eigenvalue weighted by atomic mass is 9.89. The lowest BCUT2D eigenvalue weighted by Gasteiger charge is -2.34. The van der Waals surface area contributed by atoms with Crippen molar-refractivity contribution in [3.8, 4) is 22.6 Å². The van der Waals surface area contributed by atoms with Crippen molar-refractivity contribution >= 4 is 44.0 Å². The summed E-state index contributed by atoms with van der Waals surface area (Å²) in [6, 6.07) is 59.0. The van der Waals surface area contributed by atoms with Crippen LogP contribution in [0, 0.1) is 0 Å². The summed E-state index contributed by atoms with van der Waals surface area (Å²) in [5.41, 5.74) is 10.7. The number of para-hydroxylation sites is 4. The lowest BCUT2D eigenvalue weighted by molar-refractivity contribution is 0.423. The third-order valence-electron chi connectivity index (χ3n) is 10.1. The zero-order valence-electron chi connectivity index (χ0n) is 26.8. The third kappa shape index (κ3) is 4.43. The fraction of sp³-hybridized carbons (Fsp3) is 0.0435. The molecule has 0 spiro atoms. The number of ether oxygens (including phenoxy) is 1. The van der Waals surface area contributed by atoms with Crippen molar-refractivity contribution in [3.63, 3.8) is 0 Å². The second-order valence-corrected chi connectivity index (χ2v) is 12.9. The van der Waals surface area contributed by atoms with E-state index in [1.54, 1.807) is 0 Å². The van der Waals surface area contributed by atoms with Crippen molar-refractivity contribution in [2.24, 2.45) is 0 Å². The Labute approximate surface area is 285 Å². The van der Waals surface area contributed by atoms with Crippen LogP contribution < -0.4 is 9.64 Å². The predicted molar refractivity (Wildman–Crippen MR) is 203 cm³/mol. The summed E-state index contributed by atoms with van der Waals surface area (Å²) < 4.78 is 8.78. The van der Waals surface area contributed by atoms with Crippen LogP contribution in [0.4, 0.5) is 11.4 Å². The zero-order chi connectivity index (χ0) is 32.3. The topological polar surface area (TPSA) is 17.4 Å². The number of hydrogen-bond acceptors (Lipinski definition) is 2. The third-order valence-corrected chi connectivity index (χ3v) is 10.1. The van der Waals surface area contributed by atoms with Crippen molar-refractivity contribution < 1.29 is 4.74 Å². The Bertz CT molecular complexity index is 2570. The molecule has 232 valence electrons. The molecule has 3 heteroatoms. The van der Waals surface area contributed by atoms with Crippen LogP contribution in [0.25, 0.3) is 49.4 Å². The Morgan fingerprint density at radius 3 is 2.02 bits per heavy atom. The molecule has 1 aliphatic heterocycles. The number of fused-ring (bicyclic) bond motifs is 7. The van der Waals surface area contributed by atoms with Gasteiger partial charge < -0.3 is 14.2 Å². The Morgan fingerprint density at radius 1 is 0.551 bits per heavy atom. The number of anilines is 2. The van der Waals surface area contributed by atoms with E-state index in [4.69, 9.17) is 4.74 Å². The van der Waals surface area contributed by atoms with E-state index < -0.39 is 0 Å². The van der Waals surface area contributed by atoms with Crippen molar-refractivity contribution in [3.05, 3.63) is 193 Å². The second-order valence-electron chi connectivity index (χ2n) is 12.9. The van der Waals surface area contributed by atoms with E-state index in [1.165, 1.54) is 55.0 Å².